The molecule has 10 heteroatoms. The smallest absolute Gasteiger partial charge is 0.258 e. The molecule has 29 heavy (non-hydrogen) atoms. The van der Waals surface area contributed by atoms with Crippen molar-refractivity contribution in [2.75, 3.05) is 0 Å². The van der Waals surface area contributed by atoms with E-state index in [-0.39, 0.29) is 5.92 Å². The average molecular weight is 418 g/mol. The first-order valence-electron chi connectivity index (χ1n) is 9.72. The lowest BCUT2D eigenvalue weighted by molar-refractivity contribution is -0.141. The van der Waals surface area contributed by atoms with Gasteiger partial charge in [-0.25, -0.2) is 14.5 Å². The van der Waals surface area contributed by atoms with Crippen molar-refractivity contribution in [3.8, 4) is 0 Å². The molecule has 4 heterocycles. The summed E-state index contributed by atoms with van der Waals surface area (Å²) in [5.74, 6) is 0.586. The first kappa shape index (κ1) is 17.4. The number of alkyl halides is 3. The van der Waals surface area contributed by atoms with Gasteiger partial charge in [-0.15, -0.1) is 16.4 Å². The molecule has 1 atom stereocenters. The zero-order valence-corrected chi connectivity index (χ0v) is 16.4. The second-order valence-corrected chi connectivity index (χ2v) is 8.95. The van der Waals surface area contributed by atoms with Crippen molar-refractivity contribution in [1.82, 2.24) is 29.4 Å². The summed E-state index contributed by atoms with van der Waals surface area (Å²) in [6.07, 6.45) is 2.16. The highest BCUT2D eigenvalue weighted by atomic mass is 32.1. The average Bonchev–Trinajstić information content (AvgIpc) is 3.06. The van der Waals surface area contributed by atoms with Gasteiger partial charge in [-0.05, 0) is 50.7 Å². The Morgan fingerprint density at radius 1 is 1.21 bits per heavy atom. The van der Waals surface area contributed by atoms with Crippen LogP contribution in [0.2, 0.25) is 0 Å². The summed E-state index contributed by atoms with van der Waals surface area (Å²) < 4.78 is 42.8. The van der Waals surface area contributed by atoms with Crippen LogP contribution in [0.15, 0.2) is 12.4 Å². The van der Waals surface area contributed by atoms with Crippen molar-refractivity contribution in [1.29, 1.82) is 0 Å². The highest BCUT2D eigenvalue weighted by Gasteiger charge is 2.39. The Balaban J connectivity index is 1.49. The van der Waals surface area contributed by atoms with Crippen molar-refractivity contribution < 1.29 is 13.2 Å². The first-order valence-corrected chi connectivity index (χ1v) is 10.5. The van der Waals surface area contributed by atoms with E-state index in [2.05, 4.69) is 15.2 Å². The van der Waals surface area contributed by atoms with E-state index < -0.39 is 17.9 Å². The highest BCUT2D eigenvalue weighted by Crippen LogP contribution is 2.43. The van der Waals surface area contributed by atoms with E-state index in [1.807, 2.05) is 0 Å². The number of fused-ring (bicyclic) bond motifs is 5. The van der Waals surface area contributed by atoms with Gasteiger partial charge in [-0.2, -0.15) is 18.3 Å². The van der Waals surface area contributed by atoms with Crippen LogP contribution in [0.25, 0.3) is 15.9 Å². The number of nitrogens with zero attached hydrogens (tertiary/aromatic N) is 6. The Kier molecular flexibility index (Phi) is 3.46. The summed E-state index contributed by atoms with van der Waals surface area (Å²) in [6.45, 7) is 1.80. The third kappa shape index (κ3) is 2.61. The summed E-state index contributed by atoms with van der Waals surface area (Å²) in [4.78, 5) is 11.6. The van der Waals surface area contributed by atoms with Crippen molar-refractivity contribution >= 4 is 27.2 Å². The number of hydrogen-bond acceptors (Lipinski definition) is 5. The van der Waals surface area contributed by atoms with E-state index in [0.29, 0.717) is 11.5 Å². The monoisotopic (exact) mass is 418 g/mol. The molecule has 0 bridgehead atoms. The Labute approximate surface area is 167 Å². The maximum Gasteiger partial charge on any atom is 0.435 e. The summed E-state index contributed by atoms with van der Waals surface area (Å²) in [5, 5.41) is 9.47. The topological polar surface area (TPSA) is 60.9 Å². The lowest BCUT2D eigenvalue weighted by Gasteiger charge is -2.12. The highest BCUT2D eigenvalue weighted by molar-refractivity contribution is 7.19. The Morgan fingerprint density at radius 2 is 2.03 bits per heavy atom. The predicted octanol–water partition coefficient (Wildman–Crippen LogP) is 4.53. The molecule has 0 spiro atoms. The van der Waals surface area contributed by atoms with Crippen LogP contribution in [-0.2, 0) is 19.0 Å². The molecule has 2 aliphatic carbocycles. The summed E-state index contributed by atoms with van der Waals surface area (Å²) >= 11 is 1.70. The standard InChI is InChI=1S/C19H17F3N6S/c1-9(28-12(10-5-6-10)7-14(25-28)19(20,21)22)16-24-17-15-11-3-2-4-13(11)29-18(15)23-8-27(17)26-16/h7-10H,2-6H2,1H3. The number of aromatic nitrogens is 6. The van der Waals surface area contributed by atoms with Gasteiger partial charge in [0.2, 0.25) is 0 Å². The molecule has 0 saturated heterocycles. The van der Waals surface area contributed by atoms with E-state index in [1.54, 1.807) is 29.1 Å². The lowest BCUT2D eigenvalue weighted by atomic mass is 10.2. The number of aryl methyl sites for hydroxylation is 2. The van der Waals surface area contributed by atoms with Crippen LogP contribution in [0.1, 0.15) is 65.8 Å². The predicted molar refractivity (Wildman–Crippen MR) is 101 cm³/mol. The van der Waals surface area contributed by atoms with Crippen molar-refractivity contribution in [3.05, 3.63) is 40.0 Å². The second kappa shape index (κ2) is 5.78. The van der Waals surface area contributed by atoms with Gasteiger partial charge in [0.05, 0.1) is 5.39 Å². The Bertz CT molecular complexity index is 1260. The first-order chi connectivity index (χ1) is 13.9. The molecule has 0 amide bonds. The lowest BCUT2D eigenvalue weighted by Crippen LogP contribution is -2.15. The van der Waals surface area contributed by atoms with Crippen LogP contribution < -0.4 is 0 Å². The van der Waals surface area contributed by atoms with Gasteiger partial charge < -0.3 is 0 Å². The molecule has 6 rings (SSSR count). The Hall–Kier alpha value is -2.49. The number of rotatable bonds is 3. The van der Waals surface area contributed by atoms with Gasteiger partial charge in [0, 0.05) is 16.5 Å². The molecule has 150 valence electrons. The van der Waals surface area contributed by atoms with E-state index in [9.17, 15) is 13.2 Å². The molecule has 0 radical (unpaired) electrons. The van der Waals surface area contributed by atoms with Gasteiger partial charge in [-0.3, -0.25) is 4.68 Å². The third-order valence-electron chi connectivity index (χ3n) is 5.85. The van der Waals surface area contributed by atoms with Gasteiger partial charge >= 0.3 is 6.18 Å². The summed E-state index contributed by atoms with van der Waals surface area (Å²) in [5.41, 5.74) is 1.79. The molecular formula is C19H17F3N6S. The minimum atomic E-state index is -4.46. The van der Waals surface area contributed by atoms with Crippen LogP contribution in [0, 0.1) is 0 Å². The maximum atomic E-state index is 13.2. The van der Waals surface area contributed by atoms with Crippen LogP contribution in [-0.4, -0.2) is 29.4 Å². The Morgan fingerprint density at radius 3 is 2.79 bits per heavy atom. The SMILES string of the molecule is CC(c1nc2c3c4c(sc3ncn2n1)CCC4)n1nc(C(F)(F)F)cc1C1CC1. The zero-order valence-electron chi connectivity index (χ0n) is 15.6. The molecule has 0 aliphatic heterocycles. The zero-order chi connectivity index (χ0) is 19.9. The van der Waals surface area contributed by atoms with E-state index in [0.717, 1.165) is 48.0 Å². The summed E-state index contributed by atoms with van der Waals surface area (Å²) in [6, 6.07) is 0.679. The van der Waals surface area contributed by atoms with Crippen molar-refractivity contribution in [2.45, 2.75) is 57.2 Å². The number of hydrogen-bond donors (Lipinski definition) is 0. The maximum absolute atomic E-state index is 13.2. The largest absolute Gasteiger partial charge is 0.435 e. The van der Waals surface area contributed by atoms with Crippen LogP contribution in [0.4, 0.5) is 13.2 Å². The quantitative estimate of drug-likeness (QED) is 0.491. The fourth-order valence-electron chi connectivity index (χ4n) is 4.24. The third-order valence-corrected chi connectivity index (χ3v) is 7.05. The van der Waals surface area contributed by atoms with Gasteiger partial charge in [0.25, 0.3) is 0 Å². The molecule has 0 aromatic carbocycles. The second-order valence-electron chi connectivity index (χ2n) is 7.87. The number of thiophene rings is 1. The molecule has 0 N–H and O–H groups in total. The fraction of sp³-hybridized carbons (Fsp3) is 0.474. The fourth-order valence-corrected chi connectivity index (χ4v) is 5.46. The van der Waals surface area contributed by atoms with E-state index in [4.69, 9.17) is 4.98 Å². The molecule has 1 fully saturated rings. The minimum Gasteiger partial charge on any atom is -0.258 e. The van der Waals surface area contributed by atoms with E-state index in [1.165, 1.54) is 21.2 Å². The molecule has 1 saturated carbocycles. The van der Waals surface area contributed by atoms with Crippen LogP contribution >= 0.6 is 11.3 Å². The molecule has 6 nitrogen and oxygen atoms in total. The summed E-state index contributed by atoms with van der Waals surface area (Å²) in [7, 11) is 0. The van der Waals surface area contributed by atoms with Gasteiger partial charge in [0.1, 0.15) is 17.2 Å². The van der Waals surface area contributed by atoms with Crippen LogP contribution in [0.3, 0.4) is 0 Å². The molecule has 4 aromatic rings. The van der Waals surface area contributed by atoms with Gasteiger partial charge in [-0.1, -0.05) is 0 Å². The van der Waals surface area contributed by atoms with E-state index >= 15 is 0 Å². The molecule has 1 unspecified atom stereocenters. The van der Waals surface area contributed by atoms with Crippen LogP contribution in [0.5, 0.6) is 0 Å². The molecular weight excluding hydrogens is 401 g/mol. The van der Waals surface area contributed by atoms with Crippen molar-refractivity contribution in [3.63, 3.8) is 0 Å². The number of halogens is 3. The molecule has 2 aliphatic rings. The van der Waals surface area contributed by atoms with Gasteiger partial charge in [0.15, 0.2) is 17.2 Å². The normalized spacial score (nSPS) is 18.1. The van der Waals surface area contributed by atoms with Crippen molar-refractivity contribution in [2.24, 2.45) is 0 Å². The minimum absolute atomic E-state index is 0.131. The molecule has 4 aromatic heterocycles.